The van der Waals surface area contributed by atoms with E-state index in [4.69, 9.17) is 10.5 Å². The van der Waals surface area contributed by atoms with Crippen LogP contribution in [0.3, 0.4) is 0 Å². The third kappa shape index (κ3) is 6.13. The highest BCUT2D eigenvalue weighted by molar-refractivity contribution is 5.97. The first-order valence-corrected chi connectivity index (χ1v) is 12.0. The minimum atomic E-state index is -4.98. The van der Waals surface area contributed by atoms with Gasteiger partial charge in [0.25, 0.3) is 0 Å². The van der Waals surface area contributed by atoms with Crippen LogP contribution in [0.15, 0.2) is 47.6 Å². The number of benzene rings is 2. The molecular weight excluding hydrogens is 530 g/mol. The third-order valence-corrected chi connectivity index (χ3v) is 6.26. The number of amides is 1. The maximum Gasteiger partial charge on any atom is 0.425 e. The monoisotopic (exact) mass is 556 g/mol. The molecule has 0 saturated heterocycles. The molecule has 2 atom stereocenters. The number of nitrogens with one attached hydrogen (secondary N) is 1. The summed E-state index contributed by atoms with van der Waals surface area (Å²) in [5, 5.41) is 3.49. The van der Waals surface area contributed by atoms with E-state index in [1.54, 1.807) is 16.8 Å². The quantitative estimate of drug-likeness (QED) is 0.387. The van der Waals surface area contributed by atoms with Crippen LogP contribution in [0.1, 0.15) is 35.2 Å². The Hall–Kier alpha value is -3.74. The Bertz CT molecular complexity index is 1400. The van der Waals surface area contributed by atoms with Crippen LogP contribution in [0.25, 0.3) is 10.9 Å². The van der Waals surface area contributed by atoms with Crippen molar-refractivity contribution < 1.29 is 40.6 Å². The van der Waals surface area contributed by atoms with Crippen LogP contribution in [-0.2, 0) is 22.3 Å². The molecule has 0 spiro atoms. The molecule has 1 aliphatic rings. The highest BCUT2D eigenvalue weighted by Gasteiger charge is 2.41. The molecule has 2 aromatic carbocycles. The van der Waals surface area contributed by atoms with Gasteiger partial charge in [0.15, 0.2) is 6.10 Å². The van der Waals surface area contributed by atoms with Gasteiger partial charge in [-0.05, 0) is 49.2 Å². The van der Waals surface area contributed by atoms with E-state index in [1.165, 1.54) is 6.92 Å². The zero-order chi connectivity index (χ0) is 28.5. The smallest absolute Gasteiger partial charge is 0.425 e. The van der Waals surface area contributed by atoms with Crippen molar-refractivity contribution in [2.45, 2.75) is 44.9 Å². The Morgan fingerprint density at radius 2 is 1.97 bits per heavy atom. The number of aryl methyl sites for hydroxylation is 1. The van der Waals surface area contributed by atoms with Crippen molar-refractivity contribution >= 4 is 22.7 Å². The molecule has 0 fully saturated rings. The predicted octanol–water partition coefficient (Wildman–Crippen LogP) is 4.89. The van der Waals surface area contributed by atoms with Crippen molar-refractivity contribution in [3.8, 4) is 5.75 Å². The maximum absolute atomic E-state index is 13.8. The van der Waals surface area contributed by atoms with Gasteiger partial charge in [0.1, 0.15) is 24.9 Å². The first-order valence-electron chi connectivity index (χ1n) is 12.0. The number of aliphatic imine (C=N–C) groups is 1. The number of aromatic nitrogens is 1. The number of carbonyl (C=O) groups is 1. The van der Waals surface area contributed by atoms with Gasteiger partial charge in [0, 0.05) is 35.8 Å². The van der Waals surface area contributed by atoms with Crippen LogP contribution >= 0.6 is 0 Å². The number of alkyl halides is 6. The zero-order valence-corrected chi connectivity index (χ0v) is 21.0. The SMILES string of the molecule is Cc1cc(OC(C)C(F)(F)F)c(C(F)(F)F)cc1C1=NC(c2cccc3c2ccn3CC(=O)NCCN)CO1. The summed E-state index contributed by atoms with van der Waals surface area (Å²) < 4.78 is 92.3. The maximum atomic E-state index is 13.8. The number of carbonyl (C=O) groups excluding carboxylic acids is 1. The van der Waals surface area contributed by atoms with Crippen molar-refractivity contribution in [3.63, 3.8) is 0 Å². The summed E-state index contributed by atoms with van der Waals surface area (Å²) >= 11 is 0. The predicted molar refractivity (Wildman–Crippen MR) is 132 cm³/mol. The molecule has 0 bridgehead atoms. The number of nitrogens with two attached hydrogens (primary N) is 1. The summed E-state index contributed by atoms with van der Waals surface area (Å²) in [5.41, 5.74) is 5.77. The summed E-state index contributed by atoms with van der Waals surface area (Å²) in [5.74, 6) is -1.19. The Balaban J connectivity index is 1.65. The van der Waals surface area contributed by atoms with Crippen LogP contribution in [0.4, 0.5) is 26.3 Å². The second-order valence-electron chi connectivity index (χ2n) is 9.09. The second-order valence-corrected chi connectivity index (χ2v) is 9.09. The zero-order valence-electron chi connectivity index (χ0n) is 21.0. The van der Waals surface area contributed by atoms with Gasteiger partial charge in [-0.1, -0.05) is 12.1 Å². The fourth-order valence-electron chi connectivity index (χ4n) is 4.27. The van der Waals surface area contributed by atoms with E-state index in [0.29, 0.717) is 26.1 Å². The van der Waals surface area contributed by atoms with Gasteiger partial charge in [-0.2, -0.15) is 26.3 Å². The van der Waals surface area contributed by atoms with Crippen molar-refractivity contribution in [2.24, 2.45) is 10.7 Å². The van der Waals surface area contributed by atoms with E-state index in [9.17, 15) is 31.1 Å². The lowest BCUT2D eigenvalue weighted by atomic mass is 10.0. The Labute approximate surface area is 219 Å². The van der Waals surface area contributed by atoms with Crippen molar-refractivity contribution in [3.05, 3.63) is 64.8 Å². The molecule has 3 aromatic rings. The molecule has 4 rings (SSSR count). The molecule has 1 aromatic heterocycles. The van der Waals surface area contributed by atoms with E-state index >= 15 is 0 Å². The molecule has 210 valence electrons. The fourth-order valence-corrected chi connectivity index (χ4v) is 4.27. The summed E-state index contributed by atoms with van der Waals surface area (Å²) in [7, 11) is 0. The Morgan fingerprint density at radius 3 is 2.64 bits per heavy atom. The number of fused-ring (bicyclic) bond motifs is 1. The van der Waals surface area contributed by atoms with E-state index in [-0.39, 0.29) is 36.1 Å². The lowest BCUT2D eigenvalue weighted by Gasteiger charge is -2.22. The van der Waals surface area contributed by atoms with E-state index in [2.05, 4.69) is 15.0 Å². The normalized spacial score (nSPS) is 16.6. The number of hydrogen-bond acceptors (Lipinski definition) is 5. The van der Waals surface area contributed by atoms with Crippen molar-refractivity contribution in [1.82, 2.24) is 9.88 Å². The van der Waals surface area contributed by atoms with Crippen LogP contribution in [0, 0.1) is 6.92 Å². The molecule has 0 radical (unpaired) electrons. The van der Waals surface area contributed by atoms with Gasteiger partial charge in [0.05, 0.1) is 5.56 Å². The lowest BCUT2D eigenvalue weighted by Crippen LogP contribution is -2.32. The summed E-state index contributed by atoms with van der Waals surface area (Å²) in [6, 6.07) is 8.29. The van der Waals surface area contributed by atoms with Crippen molar-refractivity contribution in [1.29, 1.82) is 0 Å². The summed E-state index contributed by atoms with van der Waals surface area (Å²) in [4.78, 5) is 16.6. The second kappa shape index (κ2) is 10.8. The number of rotatable bonds is 8. The van der Waals surface area contributed by atoms with Gasteiger partial charge in [-0.15, -0.1) is 0 Å². The molecule has 1 aliphatic heterocycles. The summed E-state index contributed by atoms with van der Waals surface area (Å²) in [6.45, 7) is 2.86. The lowest BCUT2D eigenvalue weighted by molar-refractivity contribution is -0.191. The van der Waals surface area contributed by atoms with Crippen LogP contribution in [-0.4, -0.2) is 48.3 Å². The highest BCUT2D eigenvalue weighted by Crippen LogP contribution is 2.41. The molecule has 13 heteroatoms. The van der Waals surface area contributed by atoms with Crippen LogP contribution in [0.5, 0.6) is 5.75 Å². The Morgan fingerprint density at radius 1 is 1.23 bits per heavy atom. The van der Waals surface area contributed by atoms with Gasteiger partial charge in [0.2, 0.25) is 11.8 Å². The molecular formula is C26H26F6N4O3. The molecule has 39 heavy (non-hydrogen) atoms. The van der Waals surface area contributed by atoms with E-state index < -0.39 is 35.8 Å². The summed E-state index contributed by atoms with van der Waals surface area (Å²) in [6.07, 6.45) is -10.5. The number of hydrogen-bond donors (Lipinski definition) is 2. The number of ether oxygens (including phenoxy) is 2. The third-order valence-electron chi connectivity index (χ3n) is 6.26. The fraction of sp³-hybridized carbons (Fsp3) is 0.385. The minimum absolute atomic E-state index is 0.00171. The molecule has 7 nitrogen and oxygen atoms in total. The standard InChI is InChI=1S/C26H26F6N4O3/c1-14-10-22(39-15(2)25(27,28)29)19(26(30,31)32)11-18(14)24-35-20(13-38-24)16-4-3-5-21-17(16)6-9-36(21)12-23(37)34-8-7-33/h3-6,9-11,15,20H,7-8,12-13,33H2,1-2H3,(H,34,37). The molecule has 1 amide bonds. The van der Waals surface area contributed by atoms with Crippen LogP contribution < -0.4 is 15.8 Å². The van der Waals surface area contributed by atoms with Gasteiger partial charge in [-0.25, -0.2) is 4.99 Å². The molecule has 3 N–H and O–H groups in total. The Kier molecular flexibility index (Phi) is 7.82. The van der Waals surface area contributed by atoms with E-state index in [0.717, 1.165) is 22.5 Å². The number of nitrogens with zero attached hydrogens (tertiary/aromatic N) is 2. The molecule has 0 aliphatic carbocycles. The van der Waals surface area contributed by atoms with Crippen LogP contribution in [0.2, 0.25) is 0 Å². The molecule has 0 saturated carbocycles. The van der Waals surface area contributed by atoms with Gasteiger partial charge >= 0.3 is 12.4 Å². The van der Waals surface area contributed by atoms with Crippen molar-refractivity contribution in [2.75, 3.05) is 19.7 Å². The average molecular weight is 557 g/mol. The van der Waals surface area contributed by atoms with Gasteiger partial charge in [-0.3, -0.25) is 4.79 Å². The van der Waals surface area contributed by atoms with E-state index in [1.807, 2.05) is 18.2 Å². The largest absolute Gasteiger partial charge is 0.481 e. The van der Waals surface area contributed by atoms with Gasteiger partial charge < -0.3 is 25.1 Å². The average Bonchev–Trinajstić information content (AvgIpc) is 3.49. The highest BCUT2D eigenvalue weighted by atomic mass is 19.4. The minimum Gasteiger partial charge on any atom is -0.481 e. The first-order chi connectivity index (χ1) is 18.3. The topological polar surface area (TPSA) is 90.9 Å². The number of halogens is 6. The molecule has 2 unspecified atom stereocenters. The molecule has 2 heterocycles. The first kappa shape index (κ1) is 28.3.